The van der Waals surface area contributed by atoms with Crippen molar-refractivity contribution in [3.63, 3.8) is 0 Å². The fraction of sp³-hybridized carbons (Fsp3) is 0.444. The number of piperazine rings is 1. The van der Waals surface area contributed by atoms with E-state index in [0.717, 1.165) is 54.1 Å². The van der Waals surface area contributed by atoms with Crippen molar-refractivity contribution in [1.82, 2.24) is 10.2 Å². The Labute approximate surface area is 136 Å². The number of nitrogens with one attached hydrogen (secondary N) is 1. The third-order valence-corrected chi connectivity index (χ3v) is 4.85. The molecule has 0 spiro atoms. The van der Waals surface area contributed by atoms with Gasteiger partial charge in [0.25, 0.3) is 0 Å². The average Bonchev–Trinajstić information content (AvgIpc) is 2.56. The molecule has 0 aliphatic carbocycles. The molecule has 2 atom stereocenters. The number of rotatable bonds is 4. The van der Waals surface area contributed by atoms with Gasteiger partial charge in [-0.3, -0.25) is 0 Å². The van der Waals surface area contributed by atoms with E-state index in [1.165, 1.54) is 0 Å². The molecule has 0 radical (unpaired) electrons. The first kappa shape index (κ1) is 15.8. The van der Waals surface area contributed by atoms with Crippen molar-refractivity contribution in [3.05, 3.63) is 47.0 Å². The highest BCUT2D eigenvalue weighted by molar-refractivity contribution is 6.35. The number of nitrogens with zero attached hydrogens (tertiary/aromatic N) is 1. The predicted molar refractivity (Wildman–Crippen MR) is 92.4 cm³/mol. The van der Waals surface area contributed by atoms with Crippen molar-refractivity contribution >= 4 is 22.4 Å². The molecule has 1 aliphatic rings. The summed E-state index contributed by atoms with van der Waals surface area (Å²) >= 11 is 6.27. The van der Waals surface area contributed by atoms with Gasteiger partial charge in [0.1, 0.15) is 0 Å². The smallest absolute Gasteiger partial charge is 0.0833 e. The summed E-state index contributed by atoms with van der Waals surface area (Å²) in [7, 11) is 0. The van der Waals surface area contributed by atoms with E-state index in [2.05, 4.69) is 17.1 Å². The molecule has 0 aromatic heterocycles. The molecular weight excluding hydrogens is 296 g/mol. The molecule has 0 amide bonds. The van der Waals surface area contributed by atoms with Gasteiger partial charge in [-0.1, -0.05) is 48.9 Å². The lowest BCUT2D eigenvalue weighted by Gasteiger charge is -2.31. The average molecular weight is 319 g/mol. The number of aliphatic hydroxyl groups is 1. The summed E-state index contributed by atoms with van der Waals surface area (Å²) in [6, 6.07) is 11.9. The Balaban J connectivity index is 1.82. The predicted octanol–water partition coefficient (Wildman–Crippen LogP) is 3.07. The second kappa shape index (κ2) is 6.97. The van der Waals surface area contributed by atoms with Gasteiger partial charge in [0.2, 0.25) is 0 Å². The Morgan fingerprint density at radius 2 is 1.82 bits per heavy atom. The maximum absolute atomic E-state index is 10.8. The van der Waals surface area contributed by atoms with Crippen LogP contribution in [-0.2, 0) is 0 Å². The van der Waals surface area contributed by atoms with Gasteiger partial charge in [-0.2, -0.15) is 0 Å². The van der Waals surface area contributed by atoms with Crippen LogP contribution in [0, 0.1) is 5.92 Å². The van der Waals surface area contributed by atoms with Gasteiger partial charge in [-0.05, 0) is 22.9 Å². The largest absolute Gasteiger partial charge is 0.388 e. The summed E-state index contributed by atoms with van der Waals surface area (Å²) < 4.78 is 0. The lowest BCUT2D eigenvalue weighted by molar-refractivity contribution is 0.0853. The van der Waals surface area contributed by atoms with Gasteiger partial charge in [0, 0.05) is 43.1 Å². The second-order valence-electron chi connectivity index (χ2n) is 6.15. The maximum Gasteiger partial charge on any atom is 0.0833 e. The van der Waals surface area contributed by atoms with Crippen molar-refractivity contribution in [2.45, 2.75) is 13.0 Å². The minimum Gasteiger partial charge on any atom is -0.388 e. The lowest BCUT2D eigenvalue weighted by Crippen LogP contribution is -2.45. The van der Waals surface area contributed by atoms with E-state index in [4.69, 9.17) is 11.6 Å². The summed E-state index contributed by atoms with van der Waals surface area (Å²) in [6.45, 7) is 7.21. The van der Waals surface area contributed by atoms with Gasteiger partial charge in [-0.15, -0.1) is 0 Å². The zero-order valence-corrected chi connectivity index (χ0v) is 13.7. The first-order valence-corrected chi connectivity index (χ1v) is 8.33. The molecule has 1 fully saturated rings. The summed E-state index contributed by atoms with van der Waals surface area (Å²) in [5.41, 5.74) is 0.975. The minimum absolute atomic E-state index is 0.183. The Morgan fingerprint density at radius 1 is 1.14 bits per heavy atom. The van der Waals surface area contributed by atoms with E-state index in [9.17, 15) is 5.11 Å². The number of halogens is 1. The summed E-state index contributed by atoms with van der Waals surface area (Å²) in [5, 5.41) is 17.0. The van der Waals surface area contributed by atoms with Crippen LogP contribution in [-0.4, -0.2) is 42.7 Å². The van der Waals surface area contributed by atoms with E-state index in [1.807, 2.05) is 36.4 Å². The van der Waals surface area contributed by atoms with Gasteiger partial charge in [-0.25, -0.2) is 0 Å². The fourth-order valence-corrected chi connectivity index (χ4v) is 3.48. The minimum atomic E-state index is -0.475. The van der Waals surface area contributed by atoms with Crippen molar-refractivity contribution in [2.75, 3.05) is 32.7 Å². The maximum atomic E-state index is 10.8. The van der Waals surface area contributed by atoms with Crippen LogP contribution in [0.25, 0.3) is 10.8 Å². The first-order chi connectivity index (χ1) is 10.7. The van der Waals surface area contributed by atoms with E-state index < -0.39 is 6.10 Å². The molecule has 0 saturated carbocycles. The molecule has 0 bridgehead atoms. The first-order valence-electron chi connectivity index (χ1n) is 7.95. The molecule has 2 aromatic rings. The van der Waals surface area contributed by atoms with E-state index >= 15 is 0 Å². The van der Waals surface area contributed by atoms with Gasteiger partial charge >= 0.3 is 0 Å². The van der Waals surface area contributed by atoms with Crippen LogP contribution in [0.4, 0.5) is 0 Å². The number of fused-ring (bicyclic) bond motifs is 1. The zero-order valence-electron chi connectivity index (χ0n) is 12.9. The standard InChI is InChI=1S/C18H23ClN2O/c1-13(12-21-10-8-20-9-11-21)18(22)16-6-7-17(19)15-5-3-2-4-14(15)16/h2-7,13,18,20,22H,8-12H2,1H3. The highest BCUT2D eigenvalue weighted by Gasteiger charge is 2.22. The molecule has 1 aliphatic heterocycles. The summed E-state index contributed by atoms with van der Waals surface area (Å²) in [5.74, 6) is 0.183. The summed E-state index contributed by atoms with van der Waals surface area (Å²) in [4.78, 5) is 2.42. The Kier molecular flexibility index (Phi) is 4.99. The molecule has 2 N–H and O–H groups in total. The quantitative estimate of drug-likeness (QED) is 0.909. The van der Waals surface area contributed by atoms with E-state index in [-0.39, 0.29) is 5.92 Å². The highest BCUT2D eigenvalue weighted by Crippen LogP contribution is 2.33. The third-order valence-electron chi connectivity index (χ3n) is 4.52. The Hall–Kier alpha value is -1.13. The van der Waals surface area contributed by atoms with Gasteiger partial charge in [0.15, 0.2) is 0 Å². The molecule has 1 heterocycles. The third kappa shape index (κ3) is 3.28. The molecular formula is C18H23ClN2O. The lowest BCUT2D eigenvalue weighted by atomic mass is 9.92. The van der Waals surface area contributed by atoms with E-state index in [0.29, 0.717) is 0 Å². The SMILES string of the molecule is CC(CN1CCNCC1)C(O)c1ccc(Cl)c2ccccc12. The molecule has 2 unspecified atom stereocenters. The Morgan fingerprint density at radius 3 is 2.55 bits per heavy atom. The zero-order chi connectivity index (χ0) is 15.5. The monoisotopic (exact) mass is 318 g/mol. The van der Waals surface area contributed by atoms with Gasteiger partial charge in [0.05, 0.1) is 6.10 Å². The fourth-order valence-electron chi connectivity index (χ4n) is 3.25. The normalized spacial score (nSPS) is 19.2. The summed E-state index contributed by atoms with van der Waals surface area (Å²) in [6.07, 6.45) is -0.475. The van der Waals surface area contributed by atoms with Gasteiger partial charge < -0.3 is 15.3 Å². The molecule has 4 heteroatoms. The number of benzene rings is 2. The topological polar surface area (TPSA) is 35.5 Å². The van der Waals surface area contributed by atoms with Crippen molar-refractivity contribution in [2.24, 2.45) is 5.92 Å². The molecule has 22 heavy (non-hydrogen) atoms. The molecule has 3 rings (SSSR count). The Bertz CT molecular complexity index is 640. The van der Waals surface area contributed by atoms with Crippen LogP contribution in [0.3, 0.4) is 0 Å². The number of hydrogen-bond acceptors (Lipinski definition) is 3. The van der Waals surface area contributed by atoms with Crippen molar-refractivity contribution < 1.29 is 5.11 Å². The van der Waals surface area contributed by atoms with Crippen LogP contribution in [0.1, 0.15) is 18.6 Å². The van der Waals surface area contributed by atoms with Crippen molar-refractivity contribution in [3.8, 4) is 0 Å². The van der Waals surface area contributed by atoms with Crippen LogP contribution in [0.2, 0.25) is 5.02 Å². The van der Waals surface area contributed by atoms with E-state index in [1.54, 1.807) is 0 Å². The van der Waals surface area contributed by atoms with Crippen molar-refractivity contribution in [1.29, 1.82) is 0 Å². The number of hydrogen-bond donors (Lipinski definition) is 2. The van der Waals surface area contributed by atoms with Crippen LogP contribution in [0.5, 0.6) is 0 Å². The van der Waals surface area contributed by atoms with Crippen LogP contribution >= 0.6 is 11.6 Å². The number of aliphatic hydroxyl groups excluding tert-OH is 1. The highest BCUT2D eigenvalue weighted by atomic mass is 35.5. The molecule has 118 valence electrons. The second-order valence-corrected chi connectivity index (χ2v) is 6.56. The molecule has 2 aromatic carbocycles. The molecule has 1 saturated heterocycles. The molecule has 3 nitrogen and oxygen atoms in total. The van der Waals surface area contributed by atoms with Crippen LogP contribution in [0.15, 0.2) is 36.4 Å². The van der Waals surface area contributed by atoms with Crippen LogP contribution < -0.4 is 5.32 Å².